The Hall–Kier alpha value is 1.04. The maximum Gasteiger partial charge on any atom is 0.469 e. The predicted molar refractivity (Wildman–Crippen MR) is 48.9 cm³/mol. The molecule has 2 N–H and O–H groups in total. The smallest absolute Gasteiger partial charge is 0.303 e. The van der Waals surface area contributed by atoms with Crippen molar-refractivity contribution < 1.29 is 18.9 Å². The van der Waals surface area contributed by atoms with Gasteiger partial charge in [-0.05, 0) is 13.3 Å². The van der Waals surface area contributed by atoms with Crippen molar-refractivity contribution in [3.05, 3.63) is 12.2 Å². The second-order valence-electron chi connectivity index (χ2n) is 2.03. The molecule has 0 atom stereocenters. The number of hydrogen-bond acceptors (Lipinski definition) is 2. The SMILES string of the molecule is C=C(C)CCOP(=O)(O)O.[Li].[Li]. The van der Waals surface area contributed by atoms with E-state index in [0.29, 0.717) is 6.42 Å². The van der Waals surface area contributed by atoms with Crippen molar-refractivity contribution in [2.45, 2.75) is 13.3 Å². The van der Waals surface area contributed by atoms with Crippen molar-refractivity contribution in [1.29, 1.82) is 0 Å². The molecule has 2 radical (unpaired) electrons. The zero-order valence-corrected chi connectivity index (χ0v) is 8.67. The van der Waals surface area contributed by atoms with Crippen molar-refractivity contribution >= 4 is 45.5 Å². The van der Waals surface area contributed by atoms with Crippen LogP contribution in [-0.2, 0) is 9.09 Å². The third-order valence-electron chi connectivity index (χ3n) is 0.788. The minimum absolute atomic E-state index is 0. The molecule has 0 rings (SSSR count). The molecule has 0 fully saturated rings. The van der Waals surface area contributed by atoms with Gasteiger partial charge in [0.1, 0.15) is 0 Å². The van der Waals surface area contributed by atoms with Gasteiger partial charge in [-0.1, -0.05) is 5.57 Å². The molecule has 0 aromatic carbocycles. The average Bonchev–Trinajstić information content (AvgIpc) is 1.59. The van der Waals surface area contributed by atoms with E-state index in [4.69, 9.17) is 9.79 Å². The quantitative estimate of drug-likeness (QED) is 0.371. The molecule has 0 heterocycles. The zero-order chi connectivity index (χ0) is 8.20. The Labute approximate surface area is 96.4 Å². The molecule has 0 aliphatic carbocycles. The van der Waals surface area contributed by atoms with E-state index in [1.807, 2.05) is 0 Å². The first-order valence-corrected chi connectivity index (χ1v) is 4.29. The molecule has 0 unspecified atom stereocenters. The number of phosphoric acid groups is 1. The Balaban J connectivity index is -0.000000405. The summed E-state index contributed by atoms with van der Waals surface area (Å²) in [6, 6.07) is 0. The molecular formula is C5H11Li2O4P. The van der Waals surface area contributed by atoms with Gasteiger partial charge < -0.3 is 9.79 Å². The van der Waals surface area contributed by atoms with E-state index in [1.165, 1.54) is 0 Å². The van der Waals surface area contributed by atoms with Crippen LogP contribution in [0.15, 0.2) is 12.2 Å². The maximum atomic E-state index is 10.1. The summed E-state index contributed by atoms with van der Waals surface area (Å²) < 4.78 is 14.2. The molecule has 0 saturated heterocycles. The predicted octanol–water partition coefficient (Wildman–Crippen LogP) is 0.300. The Morgan fingerprint density at radius 1 is 1.50 bits per heavy atom. The molecule has 0 aromatic rings. The van der Waals surface area contributed by atoms with Crippen LogP contribution in [0.2, 0.25) is 0 Å². The second kappa shape index (κ2) is 8.63. The van der Waals surface area contributed by atoms with Crippen LogP contribution in [0.25, 0.3) is 0 Å². The number of phosphoric ester groups is 1. The van der Waals surface area contributed by atoms with E-state index < -0.39 is 7.82 Å². The minimum Gasteiger partial charge on any atom is -0.303 e. The number of hydrogen-bond donors (Lipinski definition) is 2. The van der Waals surface area contributed by atoms with Crippen molar-refractivity contribution in [3.8, 4) is 0 Å². The summed E-state index contributed by atoms with van der Waals surface area (Å²) >= 11 is 0. The van der Waals surface area contributed by atoms with Gasteiger partial charge in [-0.15, -0.1) is 6.58 Å². The Morgan fingerprint density at radius 2 is 1.92 bits per heavy atom. The van der Waals surface area contributed by atoms with Crippen molar-refractivity contribution in [1.82, 2.24) is 0 Å². The van der Waals surface area contributed by atoms with Crippen LogP contribution in [0.1, 0.15) is 13.3 Å². The standard InChI is InChI=1S/C5H11O4P.2Li/c1-5(2)3-4-9-10(6,7)8;;/h1,3-4H2,2H3,(H2,6,7,8);;. The molecular weight excluding hydrogens is 169 g/mol. The van der Waals surface area contributed by atoms with Crippen LogP contribution in [-0.4, -0.2) is 54.1 Å². The van der Waals surface area contributed by atoms with Gasteiger partial charge in [0.15, 0.2) is 0 Å². The summed E-state index contributed by atoms with van der Waals surface area (Å²) in [7, 11) is -4.26. The molecule has 12 heavy (non-hydrogen) atoms. The first kappa shape index (κ1) is 18.8. The summed E-state index contributed by atoms with van der Waals surface area (Å²) in [6.07, 6.45) is 0.477. The fourth-order valence-corrected chi connectivity index (χ4v) is 0.668. The summed E-state index contributed by atoms with van der Waals surface area (Å²) in [4.78, 5) is 16.4. The average molecular weight is 180 g/mol. The van der Waals surface area contributed by atoms with E-state index in [-0.39, 0.29) is 44.3 Å². The van der Waals surface area contributed by atoms with Crippen LogP contribution < -0.4 is 0 Å². The van der Waals surface area contributed by atoms with Gasteiger partial charge in [0.2, 0.25) is 0 Å². The molecule has 0 aliphatic rings. The van der Waals surface area contributed by atoms with E-state index in [2.05, 4.69) is 11.1 Å². The molecule has 62 valence electrons. The van der Waals surface area contributed by atoms with Crippen LogP contribution >= 0.6 is 7.82 Å². The van der Waals surface area contributed by atoms with Gasteiger partial charge in [-0.25, -0.2) is 4.57 Å². The normalized spacial score (nSPS) is 9.58. The van der Waals surface area contributed by atoms with E-state index in [0.717, 1.165) is 5.57 Å². The molecule has 7 heteroatoms. The van der Waals surface area contributed by atoms with E-state index in [1.54, 1.807) is 6.92 Å². The van der Waals surface area contributed by atoms with Crippen LogP contribution in [0, 0.1) is 0 Å². The van der Waals surface area contributed by atoms with E-state index in [9.17, 15) is 4.57 Å². The Kier molecular flexibility index (Phi) is 13.5. The van der Waals surface area contributed by atoms with Crippen LogP contribution in [0.3, 0.4) is 0 Å². The molecule has 4 nitrogen and oxygen atoms in total. The Morgan fingerprint density at radius 3 is 2.17 bits per heavy atom. The zero-order valence-electron chi connectivity index (χ0n) is 7.78. The minimum atomic E-state index is -4.26. The second-order valence-corrected chi connectivity index (χ2v) is 3.27. The summed E-state index contributed by atoms with van der Waals surface area (Å²) in [5, 5.41) is 0. The molecule has 0 aliphatic heterocycles. The van der Waals surface area contributed by atoms with Gasteiger partial charge in [0, 0.05) is 37.7 Å². The third-order valence-corrected chi connectivity index (χ3v) is 1.31. The summed E-state index contributed by atoms with van der Waals surface area (Å²) in [5.41, 5.74) is 0.841. The van der Waals surface area contributed by atoms with Gasteiger partial charge in [-0.3, -0.25) is 4.52 Å². The largest absolute Gasteiger partial charge is 0.469 e. The van der Waals surface area contributed by atoms with Crippen molar-refractivity contribution in [3.63, 3.8) is 0 Å². The van der Waals surface area contributed by atoms with Gasteiger partial charge in [0.05, 0.1) is 6.61 Å². The fourth-order valence-electron chi connectivity index (χ4n) is 0.339. The molecule has 0 bridgehead atoms. The van der Waals surface area contributed by atoms with Crippen LogP contribution in [0.5, 0.6) is 0 Å². The molecule has 0 saturated carbocycles. The van der Waals surface area contributed by atoms with Crippen LogP contribution in [0.4, 0.5) is 0 Å². The Bertz CT molecular complexity index is 167. The number of rotatable bonds is 4. The topological polar surface area (TPSA) is 66.8 Å². The monoisotopic (exact) mass is 180 g/mol. The molecule has 0 aromatic heterocycles. The molecule has 0 spiro atoms. The van der Waals surface area contributed by atoms with Crippen molar-refractivity contribution in [2.24, 2.45) is 0 Å². The summed E-state index contributed by atoms with van der Waals surface area (Å²) in [6.45, 7) is 5.34. The maximum absolute atomic E-state index is 10.1. The fraction of sp³-hybridized carbons (Fsp3) is 0.600. The first-order chi connectivity index (χ1) is 4.42. The van der Waals surface area contributed by atoms with Crippen molar-refractivity contribution in [2.75, 3.05) is 6.61 Å². The van der Waals surface area contributed by atoms with Gasteiger partial charge in [-0.2, -0.15) is 0 Å². The summed E-state index contributed by atoms with van der Waals surface area (Å²) in [5.74, 6) is 0. The first-order valence-electron chi connectivity index (χ1n) is 2.76. The molecule has 0 amide bonds. The third kappa shape index (κ3) is 17.2. The van der Waals surface area contributed by atoms with E-state index >= 15 is 0 Å². The van der Waals surface area contributed by atoms with Gasteiger partial charge in [0.25, 0.3) is 0 Å². The van der Waals surface area contributed by atoms with Gasteiger partial charge >= 0.3 is 7.82 Å².